The van der Waals surface area contributed by atoms with Gasteiger partial charge in [0.2, 0.25) is 0 Å². The topological polar surface area (TPSA) is 23.5 Å². The normalized spacial score (nSPS) is 15.6. The summed E-state index contributed by atoms with van der Waals surface area (Å²) < 4.78 is 36.8. The Morgan fingerprint density at radius 1 is 1.26 bits per heavy atom. The first-order valence-electron chi connectivity index (χ1n) is 5.86. The van der Waals surface area contributed by atoms with Gasteiger partial charge in [-0.1, -0.05) is 18.2 Å². The predicted molar refractivity (Wildman–Crippen MR) is 71.3 cm³/mol. The Kier molecular flexibility index (Phi) is 5.70. The molecule has 2 nitrogen and oxygen atoms in total. The average Bonchev–Trinajstić information content (AvgIpc) is 2.34. The van der Waals surface area contributed by atoms with E-state index < -0.39 is 12.3 Å². The smallest absolute Gasteiger partial charge is 0.383 e. The highest BCUT2D eigenvalue weighted by Gasteiger charge is 2.38. The molecule has 19 heavy (non-hydrogen) atoms. The van der Waals surface area contributed by atoms with Crippen molar-refractivity contribution in [1.82, 2.24) is 4.90 Å². The van der Waals surface area contributed by atoms with Gasteiger partial charge in [-0.25, -0.2) is 0 Å². The second kappa shape index (κ2) is 6.63. The first-order chi connectivity index (χ1) is 8.73. The van der Waals surface area contributed by atoms with Crippen molar-refractivity contribution in [2.45, 2.75) is 30.1 Å². The fourth-order valence-corrected chi connectivity index (χ4v) is 2.60. The molecule has 108 valence electrons. The van der Waals surface area contributed by atoms with Crippen molar-refractivity contribution in [2.24, 2.45) is 0 Å². The molecule has 6 heteroatoms. The molecule has 0 aliphatic carbocycles. The first-order valence-corrected chi connectivity index (χ1v) is 6.85. The van der Waals surface area contributed by atoms with Crippen LogP contribution in [-0.2, 0) is 0 Å². The SMILES string of the molecule is C[C@@H](c1ccccc1SCC(O)C(F)(F)F)N(C)C. The molecule has 0 bridgehead atoms. The fourth-order valence-electron chi connectivity index (χ4n) is 1.50. The van der Waals surface area contributed by atoms with Crippen LogP contribution in [0, 0.1) is 0 Å². The summed E-state index contributed by atoms with van der Waals surface area (Å²) in [7, 11) is 3.83. The molecular weight excluding hydrogens is 275 g/mol. The van der Waals surface area contributed by atoms with Crippen molar-refractivity contribution in [3.63, 3.8) is 0 Å². The Morgan fingerprint density at radius 2 is 1.84 bits per heavy atom. The van der Waals surface area contributed by atoms with E-state index in [0.717, 1.165) is 22.2 Å². The zero-order valence-electron chi connectivity index (χ0n) is 11.1. The maximum absolute atomic E-state index is 12.3. The third-order valence-corrected chi connectivity index (χ3v) is 4.08. The number of alkyl halides is 3. The Labute approximate surface area is 115 Å². The maximum atomic E-state index is 12.3. The maximum Gasteiger partial charge on any atom is 0.415 e. The molecule has 0 radical (unpaired) electrons. The van der Waals surface area contributed by atoms with E-state index >= 15 is 0 Å². The van der Waals surface area contributed by atoms with Crippen LogP contribution in [-0.4, -0.2) is 42.1 Å². The molecule has 0 fully saturated rings. The summed E-state index contributed by atoms with van der Waals surface area (Å²) in [6, 6.07) is 7.43. The molecule has 0 amide bonds. The number of rotatable bonds is 5. The number of halogens is 3. The molecule has 0 aliphatic rings. The minimum atomic E-state index is -4.56. The average molecular weight is 293 g/mol. The molecule has 1 rings (SSSR count). The van der Waals surface area contributed by atoms with Crippen molar-refractivity contribution >= 4 is 11.8 Å². The van der Waals surface area contributed by atoms with Gasteiger partial charge >= 0.3 is 6.18 Å². The molecular formula is C13H18F3NOS. The van der Waals surface area contributed by atoms with Gasteiger partial charge < -0.3 is 10.0 Å². The van der Waals surface area contributed by atoms with Crippen LogP contribution in [0.2, 0.25) is 0 Å². The zero-order valence-corrected chi connectivity index (χ0v) is 11.9. The summed E-state index contributed by atoms with van der Waals surface area (Å²) in [5.74, 6) is -0.388. The molecule has 0 aliphatic heterocycles. The molecule has 1 unspecified atom stereocenters. The Balaban J connectivity index is 2.79. The van der Waals surface area contributed by atoms with E-state index in [0.29, 0.717) is 0 Å². The molecule has 0 spiro atoms. The summed E-state index contributed by atoms with van der Waals surface area (Å²) in [6.45, 7) is 1.99. The van der Waals surface area contributed by atoms with Gasteiger partial charge in [0, 0.05) is 16.7 Å². The third kappa shape index (κ3) is 4.71. The minimum absolute atomic E-state index is 0.103. The highest BCUT2D eigenvalue weighted by Crippen LogP contribution is 2.32. The van der Waals surface area contributed by atoms with Gasteiger partial charge in [-0.2, -0.15) is 13.2 Å². The first kappa shape index (κ1) is 16.3. The molecule has 0 saturated carbocycles. The van der Waals surface area contributed by atoms with E-state index in [9.17, 15) is 13.2 Å². The second-order valence-corrected chi connectivity index (χ2v) is 5.61. The van der Waals surface area contributed by atoms with Gasteiger partial charge in [0.25, 0.3) is 0 Å². The minimum Gasteiger partial charge on any atom is -0.383 e. The van der Waals surface area contributed by atoms with Crippen LogP contribution in [0.3, 0.4) is 0 Å². The Morgan fingerprint density at radius 3 is 2.37 bits per heavy atom. The lowest BCUT2D eigenvalue weighted by Crippen LogP contribution is -2.30. The van der Waals surface area contributed by atoms with E-state index in [2.05, 4.69) is 0 Å². The van der Waals surface area contributed by atoms with Crippen molar-refractivity contribution in [1.29, 1.82) is 0 Å². The Bertz CT molecular complexity index is 409. The van der Waals surface area contributed by atoms with Crippen LogP contribution in [0.25, 0.3) is 0 Å². The Hall–Kier alpha value is -0.720. The quantitative estimate of drug-likeness (QED) is 0.842. The van der Waals surface area contributed by atoms with E-state index in [1.807, 2.05) is 38.1 Å². The predicted octanol–water partition coefficient (Wildman–Crippen LogP) is 3.32. The van der Waals surface area contributed by atoms with Crippen LogP contribution < -0.4 is 0 Å². The molecule has 0 saturated heterocycles. The number of aliphatic hydroxyl groups is 1. The van der Waals surface area contributed by atoms with Crippen molar-refractivity contribution in [3.8, 4) is 0 Å². The zero-order chi connectivity index (χ0) is 14.6. The number of benzene rings is 1. The van der Waals surface area contributed by atoms with Crippen LogP contribution in [0.1, 0.15) is 18.5 Å². The molecule has 1 N–H and O–H groups in total. The molecule has 0 heterocycles. The van der Waals surface area contributed by atoms with Crippen LogP contribution in [0.5, 0.6) is 0 Å². The highest BCUT2D eigenvalue weighted by atomic mass is 32.2. The summed E-state index contributed by atoms with van der Waals surface area (Å²) in [5, 5.41) is 9.03. The largest absolute Gasteiger partial charge is 0.415 e. The van der Waals surface area contributed by atoms with Crippen LogP contribution >= 0.6 is 11.8 Å². The number of aliphatic hydroxyl groups excluding tert-OH is 1. The van der Waals surface area contributed by atoms with Gasteiger partial charge in [-0.15, -0.1) is 11.8 Å². The number of thioether (sulfide) groups is 1. The standard InChI is InChI=1S/C13H18F3NOS/c1-9(17(2)3)10-6-4-5-7-11(10)19-8-12(18)13(14,15)16/h4-7,9,12,18H,8H2,1-3H3/t9-,12?/m0/s1. The van der Waals surface area contributed by atoms with Gasteiger partial charge in [0.05, 0.1) is 0 Å². The number of hydrogen-bond acceptors (Lipinski definition) is 3. The summed E-state index contributed by atoms with van der Waals surface area (Å²) >= 11 is 1.03. The summed E-state index contributed by atoms with van der Waals surface area (Å²) in [6.07, 6.45) is -6.85. The monoisotopic (exact) mass is 293 g/mol. The molecule has 0 aromatic heterocycles. The van der Waals surface area contributed by atoms with E-state index in [4.69, 9.17) is 5.11 Å². The van der Waals surface area contributed by atoms with Gasteiger partial charge in [-0.3, -0.25) is 0 Å². The fraction of sp³-hybridized carbons (Fsp3) is 0.538. The van der Waals surface area contributed by atoms with Crippen LogP contribution in [0.4, 0.5) is 13.2 Å². The third-order valence-electron chi connectivity index (χ3n) is 2.92. The number of hydrogen-bond donors (Lipinski definition) is 1. The molecule has 2 atom stereocenters. The van der Waals surface area contributed by atoms with Gasteiger partial charge in [0.1, 0.15) is 0 Å². The van der Waals surface area contributed by atoms with E-state index in [1.165, 1.54) is 0 Å². The lowest BCUT2D eigenvalue weighted by atomic mass is 10.1. The highest BCUT2D eigenvalue weighted by molar-refractivity contribution is 7.99. The van der Waals surface area contributed by atoms with E-state index in [-0.39, 0.29) is 11.8 Å². The van der Waals surface area contributed by atoms with Crippen molar-refractivity contribution < 1.29 is 18.3 Å². The lowest BCUT2D eigenvalue weighted by Gasteiger charge is -2.23. The van der Waals surface area contributed by atoms with E-state index in [1.54, 1.807) is 12.1 Å². The lowest BCUT2D eigenvalue weighted by molar-refractivity contribution is -0.195. The molecule has 1 aromatic rings. The van der Waals surface area contributed by atoms with Gasteiger partial charge in [-0.05, 0) is 32.6 Å². The molecule has 1 aromatic carbocycles. The van der Waals surface area contributed by atoms with Crippen LogP contribution in [0.15, 0.2) is 29.2 Å². The summed E-state index contributed by atoms with van der Waals surface area (Å²) in [4.78, 5) is 2.76. The summed E-state index contributed by atoms with van der Waals surface area (Å²) in [5.41, 5.74) is 0.965. The second-order valence-electron chi connectivity index (χ2n) is 4.55. The van der Waals surface area contributed by atoms with Crippen molar-refractivity contribution in [3.05, 3.63) is 29.8 Å². The van der Waals surface area contributed by atoms with Gasteiger partial charge in [0.15, 0.2) is 6.10 Å². The number of nitrogens with zero attached hydrogens (tertiary/aromatic N) is 1. The van der Waals surface area contributed by atoms with Crippen molar-refractivity contribution in [2.75, 3.05) is 19.8 Å².